The van der Waals surface area contributed by atoms with E-state index in [0.717, 1.165) is 32.2 Å². The quantitative estimate of drug-likeness (QED) is 0.579. The lowest BCUT2D eigenvalue weighted by Gasteiger charge is -2.32. The highest BCUT2D eigenvalue weighted by Crippen LogP contribution is 2.27. The largest absolute Gasteiger partial charge is 0.388 e. The number of aliphatic imine (C=N–C) groups is 1. The van der Waals surface area contributed by atoms with E-state index < -0.39 is 5.60 Å². The Bertz CT molecular complexity index is 498. The number of aliphatic hydroxyl groups is 1. The van der Waals surface area contributed by atoms with Crippen molar-refractivity contribution in [2.24, 2.45) is 4.99 Å². The van der Waals surface area contributed by atoms with E-state index in [-0.39, 0.29) is 12.4 Å². The van der Waals surface area contributed by atoms with Gasteiger partial charge in [0.05, 0.1) is 12.1 Å². The molecule has 0 bridgehead atoms. The Morgan fingerprint density at radius 2 is 1.95 bits per heavy atom. The summed E-state index contributed by atoms with van der Waals surface area (Å²) in [5, 5.41) is 16.8. The normalized spacial score (nSPS) is 18.0. The minimum absolute atomic E-state index is 0.243. The molecular weight excluding hydrogens is 281 g/mol. The minimum atomic E-state index is -0.646. The van der Waals surface area contributed by atoms with Crippen LogP contribution in [0.1, 0.15) is 44.6 Å². The maximum atomic E-state index is 13.6. The van der Waals surface area contributed by atoms with Gasteiger partial charge < -0.3 is 15.7 Å². The summed E-state index contributed by atoms with van der Waals surface area (Å²) in [6.07, 6.45) is 4.99. The van der Waals surface area contributed by atoms with Gasteiger partial charge in [0.15, 0.2) is 5.96 Å². The van der Waals surface area contributed by atoms with E-state index in [0.29, 0.717) is 18.1 Å². The van der Waals surface area contributed by atoms with Crippen LogP contribution in [0, 0.1) is 5.82 Å². The molecular formula is C17H26FN3O. The predicted molar refractivity (Wildman–Crippen MR) is 87.3 cm³/mol. The number of hydrogen-bond acceptors (Lipinski definition) is 2. The van der Waals surface area contributed by atoms with Crippen molar-refractivity contribution in [2.45, 2.75) is 51.2 Å². The summed E-state index contributed by atoms with van der Waals surface area (Å²) in [6.45, 7) is 3.47. The molecule has 3 N–H and O–H groups in total. The van der Waals surface area contributed by atoms with E-state index in [1.54, 1.807) is 18.2 Å². The molecule has 0 heterocycles. The molecule has 0 unspecified atom stereocenters. The van der Waals surface area contributed by atoms with Crippen molar-refractivity contribution >= 4 is 5.96 Å². The number of halogens is 1. The zero-order valence-electron chi connectivity index (χ0n) is 13.2. The number of guanidine groups is 1. The van der Waals surface area contributed by atoms with Gasteiger partial charge in [-0.3, -0.25) is 0 Å². The van der Waals surface area contributed by atoms with E-state index in [1.807, 2.05) is 6.92 Å². The molecule has 2 rings (SSSR count). The van der Waals surface area contributed by atoms with Crippen molar-refractivity contribution in [3.63, 3.8) is 0 Å². The maximum Gasteiger partial charge on any atom is 0.191 e. The molecule has 5 heteroatoms. The van der Waals surface area contributed by atoms with Gasteiger partial charge in [-0.05, 0) is 25.8 Å². The van der Waals surface area contributed by atoms with E-state index >= 15 is 0 Å². The summed E-state index contributed by atoms with van der Waals surface area (Å²) in [5.74, 6) is 0.373. The third-order valence-electron chi connectivity index (χ3n) is 4.08. The van der Waals surface area contributed by atoms with Crippen molar-refractivity contribution in [3.8, 4) is 0 Å². The van der Waals surface area contributed by atoms with Crippen molar-refractivity contribution in [2.75, 3.05) is 13.1 Å². The van der Waals surface area contributed by atoms with Gasteiger partial charge >= 0.3 is 0 Å². The fourth-order valence-electron chi connectivity index (χ4n) is 2.77. The van der Waals surface area contributed by atoms with Crippen LogP contribution in [0.25, 0.3) is 0 Å². The fourth-order valence-corrected chi connectivity index (χ4v) is 2.77. The zero-order chi connectivity index (χ0) is 15.8. The van der Waals surface area contributed by atoms with Crippen LogP contribution in [0.5, 0.6) is 0 Å². The number of nitrogens with zero attached hydrogens (tertiary/aromatic N) is 1. The van der Waals surface area contributed by atoms with Gasteiger partial charge in [0, 0.05) is 18.7 Å². The van der Waals surface area contributed by atoms with Gasteiger partial charge in [0.2, 0.25) is 0 Å². The van der Waals surface area contributed by atoms with Crippen LogP contribution in [0.15, 0.2) is 29.3 Å². The van der Waals surface area contributed by atoms with Crippen LogP contribution in [-0.4, -0.2) is 29.8 Å². The van der Waals surface area contributed by atoms with Crippen molar-refractivity contribution < 1.29 is 9.50 Å². The molecule has 1 saturated carbocycles. The second-order valence-corrected chi connectivity index (χ2v) is 5.93. The third kappa shape index (κ3) is 4.98. The fraction of sp³-hybridized carbons (Fsp3) is 0.588. The van der Waals surface area contributed by atoms with E-state index in [9.17, 15) is 9.50 Å². The molecule has 122 valence electrons. The Morgan fingerprint density at radius 3 is 2.64 bits per heavy atom. The summed E-state index contributed by atoms with van der Waals surface area (Å²) in [4.78, 5) is 4.40. The van der Waals surface area contributed by atoms with Crippen LogP contribution >= 0.6 is 0 Å². The Labute approximate surface area is 131 Å². The van der Waals surface area contributed by atoms with Crippen LogP contribution in [0.3, 0.4) is 0 Å². The van der Waals surface area contributed by atoms with Crippen LogP contribution in [0.4, 0.5) is 4.39 Å². The SMILES string of the molecule is CCNC(=NCc1ccccc1F)NCC1(O)CCCCC1. The maximum absolute atomic E-state index is 13.6. The topological polar surface area (TPSA) is 56.7 Å². The first-order chi connectivity index (χ1) is 10.6. The molecule has 1 aliphatic carbocycles. The second kappa shape index (κ2) is 8.13. The molecule has 1 aromatic rings. The molecule has 0 amide bonds. The second-order valence-electron chi connectivity index (χ2n) is 5.93. The van der Waals surface area contributed by atoms with Gasteiger partial charge in [0.1, 0.15) is 5.82 Å². The first kappa shape index (κ1) is 16.7. The van der Waals surface area contributed by atoms with Crippen LogP contribution in [0.2, 0.25) is 0 Å². The van der Waals surface area contributed by atoms with Gasteiger partial charge in [-0.1, -0.05) is 37.5 Å². The Kier molecular flexibility index (Phi) is 6.19. The predicted octanol–water partition coefficient (Wildman–Crippen LogP) is 2.58. The van der Waals surface area contributed by atoms with Crippen molar-refractivity contribution in [1.82, 2.24) is 10.6 Å². The van der Waals surface area contributed by atoms with Gasteiger partial charge in [0.25, 0.3) is 0 Å². The number of benzene rings is 1. The zero-order valence-corrected chi connectivity index (χ0v) is 13.2. The van der Waals surface area contributed by atoms with Gasteiger partial charge in [-0.2, -0.15) is 0 Å². The molecule has 0 saturated heterocycles. The van der Waals surface area contributed by atoms with Crippen LogP contribution < -0.4 is 10.6 Å². The lowest BCUT2D eigenvalue weighted by molar-refractivity contribution is 0.00859. The van der Waals surface area contributed by atoms with Gasteiger partial charge in [-0.25, -0.2) is 9.38 Å². The van der Waals surface area contributed by atoms with Crippen molar-refractivity contribution in [3.05, 3.63) is 35.6 Å². The molecule has 22 heavy (non-hydrogen) atoms. The van der Waals surface area contributed by atoms with Crippen LogP contribution in [-0.2, 0) is 6.54 Å². The molecule has 1 fully saturated rings. The lowest BCUT2D eigenvalue weighted by atomic mass is 9.85. The Morgan fingerprint density at radius 1 is 1.23 bits per heavy atom. The molecule has 0 aliphatic heterocycles. The molecule has 0 aromatic heterocycles. The van der Waals surface area contributed by atoms with Gasteiger partial charge in [-0.15, -0.1) is 0 Å². The molecule has 4 nitrogen and oxygen atoms in total. The summed E-state index contributed by atoms with van der Waals surface area (Å²) in [7, 11) is 0. The number of nitrogens with one attached hydrogen (secondary N) is 2. The number of rotatable bonds is 5. The highest BCUT2D eigenvalue weighted by molar-refractivity contribution is 5.79. The highest BCUT2D eigenvalue weighted by Gasteiger charge is 2.29. The van der Waals surface area contributed by atoms with E-state index in [2.05, 4.69) is 15.6 Å². The molecule has 0 radical (unpaired) electrons. The standard InChI is InChI=1S/C17H26FN3O/c1-2-19-16(20-12-14-8-4-5-9-15(14)18)21-13-17(22)10-6-3-7-11-17/h4-5,8-9,22H,2-3,6-7,10-13H2,1H3,(H2,19,20,21). The summed E-state index contributed by atoms with van der Waals surface area (Å²) in [5.41, 5.74) is -0.0806. The van der Waals surface area contributed by atoms with E-state index in [4.69, 9.17) is 0 Å². The summed E-state index contributed by atoms with van der Waals surface area (Å²) < 4.78 is 13.6. The van der Waals surface area contributed by atoms with E-state index in [1.165, 1.54) is 12.5 Å². The molecule has 0 atom stereocenters. The minimum Gasteiger partial charge on any atom is -0.388 e. The molecule has 0 spiro atoms. The average molecular weight is 307 g/mol. The first-order valence-electron chi connectivity index (χ1n) is 8.11. The Hall–Kier alpha value is -1.62. The summed E-state index contributed by atoms with van der Waals surface area (Å²) in [6, 6.07) is 6.65. The molecule has 1 aliphatic rings. The smallest absolute Gasteiger partial charge is 0.191 e. The highest BCUT2D eigenvalue weighted by atomic mass is 19.1. The third-order valence-corrected chi connectivity index (χ3v) is 4.08. The van der Waals surface area contributed by atoms with Crippen molar-refractivity contribution in [1.29, 1.82) is 0 Å². The monoisotopic (exact) mass is 307 g/mol. The Balaban J connectivity index is 1.94. The first-order valence-corrected chi connectivity index (χ1v) is 8.11. The average Bonchev–Trinajstić information content (AvgIpc) is 2.52. The summed E-state index contributed by atoms with van der Waals surface area (Å²) >= 11 is 0. The number of hydrogen-bond donors (Lipinski definition) is 3. The molecule has 1 aromatic carbocycles. The lowest BCUT2D eigenvalue weighted by Crippen LogP contribution is -2.48.